The van der Waals surface area contributed by atoms with E-state index in [-0.39, 0.29) is 0 Å². The maximum Gasteiger partial charge on any atom is 0.165 e. The molecule has 5 nitrogen and oxygen atoms in total. The number of aromatic nitrogens is 4. The Morgan fingerprint density at radius 2 is 2.17 bits per heavy atom. The van der Waals surface area contributed by atoms with Gasteiger partial charge in [-0.3, -0.25) is 4.68 Å². The van der Waals surface area contributed by atoms with Crippen molar-refractivity contribution in [2.24, 2.45) is 7.05 Å². The molecule has 0 saturated heterocycles. The van der Waals surface area contributed by atoms with Gasteiger partial charge in [-0.05, 0) is 35.9 Å². The van der Waals surface area contributed by atoms with E-state index in [1.807, 2.05) is 24.1 Å². The van der Waals surface area contributed by atoms with Gasteiger partial charge in [-0.2, -0.15) is 5.10 Å². The summed E-state index contributed by atoms with van der Waals surface area (Å²) in [6.07, 6.45) is 4.69. The standard InChI is InChI=1S/C12H16IN5/c1-4-10-8(7-18(3)17-10)11-15-6-9(13)12(16-11)14-5-2/h6-7H,4-5H2,1-3H3,(H,14,15,16). The number of hydrogen-bond acceptors (Lipinski definition) is 4. The van der Waals surface area contributed by atoms with Gasteiger partial charge in [0.2, 0.25) is 0 Å². The smallest absolute Gasteiger partial charge is 0.165 e. The Balaban J connectivity index is 2.46. The highest BCUT2D eigenvalue weighted by molar-refractivity contribution is 14.1. The molecule has 0 unspecified atom stereocenters. The van der Waals surface area contributed by atoms with Gasteiger partial charge in [0.1, 0.15) is 5.82 Å². The molecule has 0 spiro atoms. The molecular weight excluding hydrogens is 341 g/mol. The summed E-state index contributed by atoms with van der Waals surface area (Å²) in [5, 5.41) is 7.66. The van der Waals surface area contributed by atoms with Crippen LogP contribution >= 0.6 is 22.6 Å². The summed E-state index contributed by atoms with van der Waals surface area (Å²) < 4.78 is 2.84. The number of nitrogens with one attached hydrogen (secondary N) is 1. The van der Waals surface area contributed by atoms with E-state index in [1.54, 1.807) is 0 Å². The summed E-state index contributed by atoms with van der Waals surface area (Å²) in [5.41, 5.74) is 2.04. The number of aryl methyl sites for hydroxylation is 2. The van der Waals surface area contributed by atoms with Gasteiger partial charge in [0, 0.05) is 26.0 Å². The lowest BCUT2D eigenvalue weighted by molar-refractivity contribution is 0.746. The Bertz CT molecular complexity index is 549. The molecule has 2 rings (SSSR count). The zero-order valence-corrected chi connectivity index (χ0v) is 12.9. The number of hydrogen-bond donors (Lipinski definition) is 1. The van der Waals surface area contributed by atoms with Gasteiger partial charge in [0.05, 0.1) is 14.8 Å². The molecule has 2 heterocycles. The Kier molecular flexibility index (Phi) is 4.15. The maximum atomic E-state index is 4.57. The van der Waals surface area contributed by atoms with E-state index in [4.69, 9.17) is 0 Å². The van der Waals surface area contributed by atoms with E-state index >= 15 is 0 Å². The molecule has 0 aliphatic carbocycles. The van der Waals surface area contributed by atoms with Gasteiger partial charge >= 0.3 is 0 Å². The minimum Gasteiger partial charge on any atom is -0.369 e. The van der Waals surface area contributed by atoms with Crippen LogP contribution in [0, 0.1) is 3.57 Å². The van der Waals surface area contributed by atoms with E-state index < -0.39 is 0 Å². The van der Waals surface area contributed by atoms with Crippen LogP contribution in [0.5, 0.6) is 0 Å². The molecule has 0 aromatic carbocycles. The van der Waals surface area contributed by atoms with Gasteiger partial charge in [0.25, 0.3) is 0 Å². The second-order valence-electron chi connectivity index (χ2n) is 3.94. The van der Waals surface area contributed by atoms with Gasteiger partial charge in [-0.1, -0.05) is 6.92 Å². The highest BCUT2D eigenvalue weighted by Gasteiger charge is 2.12. The molecule has 18 heavy (non-hydrogen) atoms. The Morgan fingerprint density at radius 3 is 2.83 bits per heavy atom. The fourth-order valence-corrected chi connectivity index (χ4v) is 2.22. The molecule has 0 bridgehead atoms. The molecule has 0 aliphatic rings. The summed E-state index contributed by atoms with van der Waals surface area (Å²) in [6, 6.07) is 0. The lowest BCUT2D eigenvalue weighted by atomic mass is 10.2. The van der Waals surface area contributed by atoms with Crippen LogP contribution in [-0.2, 0) is 13.5 Å². The highest BCUT2D eigenvalue weighted by Crippen LogP contribution is 2.23. The number of halogens is 1. The Hall–Kier alpha value is -1.18. The average molecular weight is 357 g/mol. The van der Waals surface area contributed by atoms with Crippen LogP contribution in [0.1, 0.15) is 19.5 Å². The van der Waals surface area contributed by atoms with Crippen LogP contribution in [0.4, 0.5) is 5.82 Å². The molecule has 0 aliphatic heterocycles. The van der Waals surface area contributed by atoms with Crippen LogP contribution in [0.2, 0.25) is 0 Å². The summed E-state index contributed by atoms with van der Waals surface area (Å²) in [6.45, 7) is 4.99. The highest BCUT2D eigenvalue weighted by atomic mass is 127. The second kappa shape index (κ2) is 5.64. The topological polar surface area (TPSA) is 55.6 Å². The molecule has 0 atom stereocenters. The first-order chi connectivity index (χ1) is 8.65. The van der Waals surface area contributed by atoms with Crippen LogP contribution in [0.25, 0.3) is 11.4 Å². The SMILES string of the molecule is CCNc1nc(-c2cn(C)nc2CC)ncc1I. The first-order valence-corrected chi connectivity index (χ1v) is 7.02. The summed E-state index contributed by atoms with van der Waals surface area (Å²) >= 11 is 2.23. The number of nitrogens with zero attached hydrogens (tertiary/aromatic N) is 4. The molecule has 0 radical (unpaired) electrons. The Morgan fingerprint density at radius 1 is 1.39 bits per heavy atom. The summed E-state index contributed by atoms with van der Waals surface area (Å²) in [7, 11) is 1.92. The van der Waals surface area contributed by atoms with Gasteiger partial charge in [-0.25, -0.2) is 9.97 Å². The lowest BCUT2D eigenvalue weighted by Crippen LogP contribution is -2.04. The predicted octanol–water partition coefficient (Wildman–Crippen LogP) is 2.48. The monoisotopic (exact) mass is 357 g/mol. The number of rotatable bonds is 4. The average Bonchev–Trinajstić information content (AvgIpc) is 2.73. The van der Waals surface area contributed by atoms with Crippen LogP contribution in [0.15, 0.2) is 12.4 Å². The van der Waals surface area contributed by atoms with Crippen LogP contribution in [-0.4, -0.2) is 26.3 Å². The van der Waals surface area contributed by atoms with Crippen molar-refractivity contribution < 1.29 is 0 Å². The molecule has 1 N–H and O–H groups in total. The fraction of sp³-hybridized carbons (Fsp3) is 0.417. The normalized spacial score (nSPS) is 10.7. The van der Waals surface area contributed by atoms with Crippen molar-refractivity contribution in [2.45, 2.75) is 20.3 Å². The minimum atomic E-state index is 0.733. The van der Waals surface area contributed by atoms with Crippen molar-refractivity contribution in [3.8, 4) is 11.4 Å². The van der Waals surface area contributed by atoms with E-state index in [0.29, 0.717) is 0 Å². The zero-order valence-electron chi connectivity index (χ0n) is 10.7. The molecule has 2 aromatic rings. The van der Waals surface area contributed by atoms with Crippen molar-refractivity contribution in [2.75, 3.05) is 11.9 Å². The molecule has 0 saturated carbocycles. The third kappa shape index (κ3) is 2.63. The van der Waals surface area contributed by atoms with Gasteiger partial charge in [-0.15, -0.1) is 0 Å². The van der Waals surface area contributed by atoms with Crippen molar-refractivity contribution in [3.63, 3.8) is 0 Å². The second-order valence-corrected chi connectivity index (χ2v) is 5.10. The van der Waals surface area contributed by atoms with Gasteiger partial charge in [0.15, 0.2) is 5.82 Å². The van der Waals surface area contributed by atoms with E-state index in [1.165, 1.54) is 0 Å². The fourth-order valence-electron chi connectivity index (χ4n) is 1.77. The molecule has 6 heteroatoms. The summed E-state index contributed by atoms with van der Waals surface area (Å²) in [4.78, 5) is 8.97. The largest absolute Gasteiger partial charge is 0.369 e. The summed E-state index contributed by atoms with van der Waals surface area (Å²) in [5.74, 6) is 1.62. The molecule has 0 fully saturated rings. The van der Waals surface area contributed by atoms with Gasteiger partial charge < -0.3 is 5.32 Å². The van der Waals surface area contributed by atoms with E-state index in [9.17, 15) is 0 Å². The maximum absolute atomic E-state index is 4.57. The van der Waals surface area contributed by atoms with Crippen molar-refractivity contribution in [3.05, 3.63) is 21.7 Å². The quantitative estimate of drug-likeness (QED) is 0.855. The predicted molar refractivity (Wildman–Crippen MR) is 80.5 cm³/mol. The van der Waals surface area contributed by atoms with Crippen molar-refractivity contribution in [1.82, 2.24) is 19.7 Å². The molecule has 2 aromatic heterocycles. The number of anilines is 1. The first kappa shape index (κ1) is 13.3. The third-order valence-corrected chi connectivity index (χ3v) is 3.36. The first-order valence-electron chi connectivity index (χ1n) is 5.95. The van der Waals surface area contributed by atoms with Crippen molar-refractivity contribution >= 4 is 28.4 Å². The van der Waals surface area contributed by atoms with Crippen LogP contribution in [0.3, 0.4) is 0 Å². The zero-order chi connectivity index (χ0) is 13.1. The van der Waals surface area contributed by atoms with E-state index in [0.717, 1.165) is 39.4 Å². The van der Waals surface area contributed by atoms with E-state index in [2.05, 4.69) is 56.8 Å². The Labute approximate surface area is 120 Å². The molecule has 0 amide bonds. The molecule has 96 valence electrons. The van der Waals surface area contributed by atoms with Crippen LogP contribution < -0.4 is 5.32 Å². The lowest BCUT2D eigenvalue weighted by Gasteiger charge is -2.06. The molecular formula is C12H16IN5. The third-order valence-electron chi connectivity index (χ3n) is 2.57. The van der Waals surface area contributed by atoms with Crippen molar-refractivity contribution in [1.29, 1.82) is 0 Å². The minimum absolute atomic E-state index is 0.733.